The summed E-state index contributed by atoms with van der Waals surface area (Å²) >= 11 is 0. The van der Waals surface area contributed by atoms with Gasteiger partial charge in [-0.15, -0.1) is 12.4 Å². The largest absolute Gasteiger partial charge is 0.366 e. The zero-order chi connectivity index (χ0) is 6.81. The molecule has 2 rings (SSSR count). The summed E-state index contributed by atoms with van der Waals surface area (Å²) in [7, 11) is 0. The molecule has 0 aromatic heterocycles. The van der Waals surface area contributed by atoms with Crippen LogP contribution in [0.5, 0.6) is 0 Å². The van der Waals surface area contributed by atoms with Crippen LogP contribution in [0, 0.1) is 0 Å². The Bertz CT molecular complexity index is 97.0. The highest BCUT2D eigenvalue weighted by Gasteiger charge is 2.24. The van der Waals surface area contributed by atoms with Crippen molar-refractivity contribution in [1.82, 2.24) is 10.2 Å². The first kappa shape index (κ1) is 9.26. The summed E-state index contributed by atoms with van der Waals surface area (Å²) in [5.74, 6) is 0. The van der Waals surface area contributed by atoms with E-state index in [1.807, 2.05) is 0 Å². The molecule has 0 aromatic carbocycles. The van der Waals surface area contributed by atoms with Gasteiger partial charge in [-0.05, 0) is 6.42 Å². The summed E-state index contributed by atoms with van der Waals surface area (Å²) in [6.45, 7) is 5.24. The van der Waals surface area contributed by atoms with E-state index in [0.717, 1.165) is 39.0 Å². The van der Waals surface area contributed by atoms with E-state index in [0.29, 0.717) is 0 Å². The van der Waals surface area contributed by atoms with Gasteiger partial charge in [-0.1, -0.05) is 0 Å². The minimum absolute atomic E-state index is 0. The van der Waals surface area contributed by atoms with Crippen molar-refractivity contribution >= 4 is 12.4 Å². The molecular formula is C7H15ClN2O. The Morgan fingerprint density at radius 2 is 2.36 bits per heavy atom. The average Bonchev–Trinajstić information content (AvgIpc) is 2.05. The molecule has 3 nitrogen and oxygen atoms in total. The molecule has 11 heavy (non-hydrogen) atoms. The molecule has 0 aromatic rings. The molecule has 0 unspecified atom stereocenters. The number of hydrogen-bond acceptors (Lipinski definition) is 3. The molecular weight excluding hydrogens is 164 g/mol. The molecule has 2 fully saturated rings. The zero-order valence-electron chi connectivity index (χ0n) is 6.58. The second kappa shape index (κ2) is 4.26. The molecule has 0 aliphatic carbocycles. The Morgan fingerprint density at radius 3 is 3.18 bits per heavy atom. The van der Waals surface area contributed by atoms with Crippen LogP contribution in [0.4, 0.5) is 0 Å². The topological polar surface area (TPSA) is 24.5 Å². The van der Waals surface area contributed by atoms with E-state index in [-0.39, 0.29) is 12.4 Å². The van der Waals surface area contributed by atoms with Crippen LogP contribution in [0.25, 0.3) is 0 Å². The van der Waals surface area contributed by atoms with Gasteiger partial charge in [0.05, 0.1) is 6.73 Å². The number of ether oxygens (including phenoxy) is 1. The summed E-state index contributed by atoms with van der Waals surface area (Å²) in [5.41, 5.74) is 0. The Kier molecular flexibility index (Phi) is 3.59. The van der Waals surface area contributed by atoms with E-state index in [1.54, 1.807) is 0 Å². The van der Waals surface area contributed by atoms with Crippen LogP contribution >= 0.6 is 12.4 Å². The first-order chi connectivity index (χ1) is 4.97. The quantitative estimate of drug-likeness (QED) is 0.568. The van der Waals surface area contributed by atoms with E-state index >= 15 is 0 Å². The van der Waals surface area contributed by atoms with Gasteiger partial charge in [0.2, 0.25) is 0 Å². The van der Waals surface area contributed by atoms with Gasteiger partial charge in [-0.2, -0.15) is 0 Å². The highest BCUT2D eigenvalue weighted by atomic mass is 35.5. The van der Waals surface area contributed by atoms with Gasteiger partial charge in [0.25, 0.3) is 0 Å². The number of fused-ring (bicyclic) bond motifs is 1. The van der Waals surface area contributed by atoms with Crippen molar-refractivity contribution in [3.63, 3.8) is 0 Å². The minimum atomic E-state index is 0. The van der Waals surface area contributed by atoms with Crippen LogP contribution in [0.3, 0.4) is 0 Å². The van der Waals surface area contributed by atoms with Gasteiger partial charge >= 0.3 is 0 Å². The molecule has 0 radical (unpaired) electrons. The standard InChI is InChI=1S/C7H14N2O.ClH/c1-4-10-6-9-3-2-8-5-7(1)9;/h7-8H,1-6H2;1H/t7-;/m1./s1. The summed E-state index contributed by atoms with van der Waals surface area (Å²) in [4.78, 5) is 2.42. The third-order valence-corrected chi connectivity index (χ3v) is 2.32. The third kappa shape index (κ3) is 2.06. The van der Waals surface area contributed by atoms with Crippen molar-refractivity contribution < 1.29 is 4.74 Å². The number of nitrogens with zero attached hydrogens (tertiary/aromatic N) is 1. The molecule has 2 saturated heterocycles. The van der Waals surface area contributed by atoms with E-state index in [2.05, 4.69) is 10.2 Å². The Balaban J connectivity index is 0.000000605. The van der Waals surface area contributed by atoms with Gasteiger partial charge in [0.1, 0.15) is 0 Å². The molecule has 0 saturated carbocycles. The molecule has 2 aliphatic rings. The normalized spacial score (nSPS) is 32.2. The maximum Gasteiger partial charge on any atom is 0.0993 e. The van der Waals surface area contributed by atoms with Crippen molar-refractivity contribution in [2.24, 2.45) is 0 Å². The van der Waals surface area contributed by atoms with Gasteiger partial charge in [-0.3, -0.25) is 4.90 Å². The fraction of sp³-hybridized carbons (Fsp3) is 1.00. The van der Waals surface area contributed by atoms with Crippen LogP contribution in [-0.2, 0) is 4.74 Å². The molecule has 2 heterocycles. The van der Waals surface area contributed by atoms with Crippen molar-refractivity contribution in [2.45, 2.75) is 12.5 Å². The van der Waals surface area contributed by atoms with Crippen LogP contribution in [0.2, 0.25) is 0 Å². The van der Waals surface area contributed by atoms with Crippen LogP contribution in [-0.4, -0.2) is 43.9 Å². The van der Waals surface area contributed by atoms with E-state index < -0.39 is 0 Å². The molecule has 0 bridgehead atoms. The molecule has 0 spiro atoms. The van der Waals surface area contributed by atoms with Gasteiger partial charge in [0.15, 0.2) is 0 Å². The Hall–Kier alpha value is 0.170. The van der Waals surface area contributed by atoms with Crippen LogP contribution in [0.1, 0.15) is 6.42 Å². The van der Waals surface area contributed by atoms with E-state index in [4.69, 9.17) is 4.74 Å². The number of nitrogens with one attached hydrogen (secondary N) is 1. The number of hydrogen-bond donors (Lipinski definition) is 1. The lowest BCUT2D eigenvalue weighted by atomic mass is 10.1. The van der Waals surface area contributed by atoms with Crippen molar-refractivity contribution in [1.29, 1.82) is 0 Å². The fourth-order valence-electron chi connectivity index (χ4n) is 1.66. The number of piperazine rings is 1. The van der Waals surface area contributed by atoms with Crippen LogP contribution in [0.15, 0.2) is 0 Å². The smallest absolute Gasteiger partial charge is 0.0993 e. The average molecular weight is 179 g/mol. The maximum atomic E-state index is 5.34. The summed E-state index contributed by atoms with van der Waals surface area (Å²) < 4.78 is 5.34. The predicted molar refractivity (Wildman–Crippen MR) is 46.0 cm³/mol. The van der Waals surface area contributed by atoms with Crippen molar-refractivity contribution in [2.75, 3.05) is 33.0 Å². The maximum absolute atomic E-state index is 5.34. The molecule has 66 valence electrons. The lowest BCUT2D eigenvalue weighted by Gasteiger charge is -2.39. The number of halogens is 1. The second-order valence-electron chi connectivity index (χ2n) is 3.00. The molecule has 1 atom stereocenters. The molecule has 0 amide bonds. The Labute approximate surface area is 73.5 Å². The van der Waals surface area contributed by atoms with Crippen molar-refractivity contribution in [3.8, 4) is 0 Å². The highest BCUT2D eigenvalue weighted by molar-refractivity contribution is 5.85. The molecule has 2 aliphatic heterocycles. The van der Waals surface area contributed by atoms with E-state index in [1.165, 1.54) is 6.42 Å². The first-order valence-corrected chi connectivity index (χ1v) is 3.99. The summed E-state index contributed by atoms with van der Waals surface area (Å²) in [5, 5.41) is 3.39. The van der Waals surface area contributed by atoms with Gasteiger partial charge in [0, 0.05) is 32.3 Å². The number of rotatable bonds is 0. The Morgan fingerprint density at radius 1 is 1.45 bits per heavy atom. The second-order valence-corrected chi connectivity index (χ2v) is 3.00. The highest BCUT2D eigenvalue weighted by Crippen LogP contribution is 2.11. The first-order valence-electron chi connectivity index (χ1n) is 3.99. The summed E-state index contributed by atoms with van der Waals surface area (Å²) in [6, 6.07) is 0.752. The molecule has 1 N–H and O–H groups in total. The monoisotopic (exact) mass is 178 g/mol. The summed E-state index contributed by atoms with van der Waals surface area (Å²) in [6.07, 6.45) is 1.20. The lowest BCUT2D eigenvalue weighted by Crippen LogP contribution is -2.54. The predicted octanol–water partition coefficient (Wildman–Crippen LogP) is 0.0598. The van der Waals surface area contributed by atoms with E-state index in [9.17, 15) is 0 Å². The zero-order valence-corrected chi connectivity index (χ0v) is 7.40. The van der Waals surface area contributed by atoms with Crippen molar-refractivity contribution in [3.05, 3.63) is 0 Å². The van der Waals surface area contributed by atoms with Gasteiger partial charge < -0.3 is 10.1 Å². The van der Waals surface area contributed by atoms with Crippen LogP contribution < -0.4 is 5.32 Å². The van der Waals surface area contributed by atoms with Gasteiger partial charge in [-0.25, -0.2) is 0 Å². The third-order valence-electron chi connectivity index (χ3n) is 2.32. The SMILES string of the molecule is C1CN2COCC[C@@H]2CN1.Cl. The minimum Gasteiger partial charge on any atom is -0.366 e. The lowest BCUT2D eigenvalue weighted by molar-refractivity contribution is -0.0554. The molecule has 4 heteroatoms. The fourth-order valence-corrected chi connectivity index (χ4v) is 1.66.